The number of nitrogens with one attached hydrogen (secondary N) is 1. The SMILES string of the molecule is CCN1CCN(c2ccc(CN=C(N)Nc3cc(OC)ccc3OC)cn2)CC1. The summed E-state index contributed by atoms with van der Waals surface area (Å²) < 4.78 is 10.6. The molecule has 2 aromatic rings. The van der Waals surface area contributed by atoms with E-state index in [0.29, 0.717) is 29.7 Å². The molecule has 0 spiro atoms. The zero-order valence-corrected chi connectivity index (χ0v) is 17.4. The highest BCUT2D eigenvalue weighted by Crippen LogP contribution is 2.28. The van der Waals surface area contributed by atoms with Crippen molar-refractivity contribution in [2.75, 3.05) is 57.2 Å². The number of hydrogen-bond acceptors (Lipinski definition) is 6. The highest BCUT2D eigenvalue weighted by atomic mass is 16.5. The summed E-state index contributed by atoms with van der Waals surface area (Å²) >= 11 is 0. The van der Waals surface area contributed by atoms with Gasteiger partial charge in [-0.2, -0.15) is 0 Å². The van der Waals surface area contributed by atoms with E-state index in [0.717, 1.165) is 44.1 Å². The van der Waals surface area contributed by atoms with Crippen LogP contribution in [0.4, 0.5) is 11.5 Å². The zero-order valence-electron chi connectivity index (χ0n) is 17.4. The van der Waals surface area contributed by atoms with Crippen LogP contribution < -0.4 is 25.4 Å². The first-order valence-corrected chi connectivity index (χ1v) is 9.84. The van der Waals surface area contributed by atoms with Gasteiger partial charge >= 0.3 is 0 Å². The molecule has 1 aromatic carbocycles. The van der Waals surface area contributed by atoms with E-state index < -0.39 is 0 Å². The number of guanidine groups is 1. The third-order valence-electron chi connectivity index (χ3n) is 5.05. The smallest absolute Gasteiger partial charge is 0.193 e. The number of likely N-dealkylation sites (N-methyl/N-ethyl adjacent to an activating group) is 1. The number of methoxy groups -OCH3 is 2. The highest BCUT2D eigenvalue weighted by molar-refractivity contribution is 5.94. The number of anilines is 2. The first kappa shape index (κ1) is 20.7. The first-order chi connectivity index (χ1) is 14.1. The Bertz CT molecular complexity index is 816. The van der Waals surface area contributed by atoms with Crippen LogP contribution in [0, 0.1) is 0 Å². The van der Waals surface area contributed by atoms with Gasteiger partial charge in [-0.3, -0.25) is 0 Å². The predicted octanol–water partition coefficient (Wildman–Crippen LogP) is 2.17. The van der Waals surface area contributed by atoms with Crippen molar-refractivity contribution < 1.29 is 9.47 Å². The van der Waals surface area contributed by atoms with Gasteiger partial charge in [-0.1, -0.05) is 13.0 Å². The van der Waals surface area contributed by atoms with E-state index in [9.17, 15) is 0 Å². The van der Waals surface area contributed by atoms with Crippen LogP contribution >= 0.6 is 0 Å². The molecular formula is C21H30N6O2. The number of benzene rings is 1. The summed E-state index contributed by atoms with van der Waals surface area (Å²) in [6, 6.07) is 9.57. The Balaban J connectivity index is 1.58. The highest BCUT2D eigenvalue weighted by Gasteiger charge is 2.16. The van der Waals surface area contributed by atoms with E-state index in [4.69, 9.17) is 15.2 Å². The molecule has 1 aromatic heterocycles. The molecule has 1 aliphatic rings. The standard InChI is InChI=1S/C21H30N6O2/c1-4-26-9-11-27(12-10-26)20-8-5-16(14-23-20)15-24-21(22)25-18-13-17(28-2)6-7-19(18)29-3/h5-8,13-14H,4,9-12,15H2,1-3H3,(H3,22,24,25). The lowest BCUT2D eigenvalue weighted by Crippen LogP contribution is -2.46. The first-order valence-electron chi connectivity index (χ1n) is 9.84. The van der Waals surface area contributed by atoms with Crippen LogP contribution in [0.15, 0.2) is 41.5 Å². The van der Waals surface area contributed by atoms with Crippen LogP contribution in [0.25, 0.3) is 0 Å². The van der Waals surface area contributed by atoms with E-state index in [1.165, 1.54) is 0 Å². The Hall–Kier alpha value is -3.00. The van der Waals surface area contributed by atoms with E-state index in [-0.39, 0.29) is 0 Å². The molecule has 29 heavy (non-hydrogen) atoms. The van der Waals surface area contributed by atoms with E-state index >= 15 is 0 Å². The molecule has 0 unspecified atom stereocenters. The second-order valence-corrected chi connectivity index (χ2v) is 6.84. The summed E-state index contributed by atoms with van der Waals surface area (Å²) in [6.07, 6.45) is 1.87. The lowest BCUT2D eigenvalue weighted by molar-refractivity contribution is 0.270. The average molecular weight is 399 g/mol. The van der Waals surface area contributed by atoms with Gasteiger partial charge in [0.15, 0.2) is 5.96 Å². The van der Waals surface area contributed by atoms with Crippen LogP contribution in [0.1, 0.15) is 12.5 Å². The van der Waals surface area contributed by atoms with Crippen LogP contribution in [-0.4, -0.2) is 62.8 Å². The fourth-order valence-corrected chi connectivity index (χ4v) is 3.26. The Morgan fingerprint density at radius 1 is 1.14 bits per heavy atom. The Morgan fingerprint density at radius 3 is 2.55 bits per heavy atom. The molecular weight excluding hydrogens is 368 g/mol. The maximum Gasteiger partial charge on any atom is 0.193 e. The number of hydrogen-bond donors (Lipinski definition) is 2. The molecule has 0 atom stereocenters. The van der Waals surface area contributed by atoms with Gasteiger partial charge in [-0.15, -0.1) is 0 Å². The third-order valence-corrected chi connectivity index (χ3v) is 5.05. The van der Waals surface area contributed by atoms with Crippen molar-refractivity contribution >= 4 is 17.5 Å². The molecule has 1 saturated heterocycles. The van der Waals surface area contributed by atoms with E-state index in [2.05, 4.69) is 44.1 Å². The Kier molecular flexibility index (Phi) is 7.13. The van der Waals surface area contributed by atoms with Crippen LogP contribution in [0.5, 0.6) is 11.5 Å². The van der Waals surface area contributed by atoms with Crippen molar-refractivity contribution in [1.29, 1.82) is 0 Å². The van der Waals surface area contributed by atoms with Crippen molar-refractivity contribution in [1.82, 2.24) is 9.88 Å². The van der Waals surface area contributed by atoms with Crippen LogP contribution in [0.2, 0.25) is 0 Å². The van der Waals surface area contributed by atoms with Gasteiger partial charge in [0.25, 0.3) is 0 Å². The van der Waals surface area contributed by atoms with E-state index in [1.54, 1.807) is 14.2 Å². The average Bonchev–Trinajstić information content (AvgIpc) is 2.78. The Labute approximate surface area is 172 Å². The van der Waals surface area contributed by atoms with Gasteiger partial charge in [0.1, 0.15) is 17.3 Å². The molecule has 8 nitrogen and oxygen atoms in total. The largest absolute Gasteiger partial charge is 0.497 e. The number of nitrogens with two attached hydrogens (primary N) is 1. The molecule has 0 radical (unpaired) electrons. The quantitative estimate of drug-likeness (QED) is 0.546. The molecule has 3 N–H and O–H groups in total. The molecule has 0 aliphatic carbocycles. The molecule has 1 fully saturated rings. The predicted molar refractivity (Wildman–Crippen MR) is 117 cm³/mol. The zero-order chi connectivity index (χ0) is 20.6. The number of aliphatic imine (C=N–C) groups is 1. The second-order valence-electron chi connectivity index (χ2n) is 6.84. The molecule has 2 heterocycles. The molecule has 0 amide bonds. The van der Waals surface area contributed by atoms with Gasteiger partial charge < -0.3 is 30.3 Å². The number of piperazine rings is 1. The fraction of sp³-hybridized carbons (Fsp3) is 0.429. The molecule has 156 valence electrons. The summed E-state index contributed by atoms with van der Waals surface area (Å²) in [5.41, 5.74) is 7.76. The minimum atomic E-state index is 0.302. The lowest BCUT2D eigenvalue weighted by atomic mass is 10.2. The van der Waals surface area contributed by atoms with Crippen molar-refractivity contribution in [3.63, 3.8) is 0 Å². The topological polar surface area (TPSA) is 88.2 Å². The van der Waals surface area contributed by atoms with E-state index in [1.807, 2.05) is 24.4 Å². The summed E-state index contributed by atoms with van der Waals surface area (Å²) in [6.45, 7) is 7.95. The number of ether oxygens (including phenoxy) is 2. The lowest BCUT2D eigenvalue weighted by Gasteiger charge is -2.34. The molecule has 0 bridgehead atoms. The molecule has 1 aliphatic heterocycles. The normalized spacial score (nSPS) is 15.3. The summed E-state index contributed by atoms with van der Waals surface area (Å²) in [5, 5.41) is 3.07. The minimum Gasteiger partial charge on any atom is -0.497 e. The van der Waals surface area contributed by atoms with Gasteiger partial charge in [0, 0.05) is 38.4 Å². The monoisotopic (exact) mass is 398 g/mol. The van der Waals surface area contributed by atoms with Crippen molar-refractivity contribution in [3.05, 3.63) is 42.1 Å². The van der Waals surface area contributed by atoms with Gasteiger partial charge in [-0.05, 0) is 30.3 Å². The van der Waals surface area contributed by atoms with Crippen molar-refractivity contribution in [2.45, 2.75) is 13.5 Å². The number of rotatable bonds is 7. The van der Waals surface area contributed by atoms with Crippen molar-refractivity contribution in [2.24, 2.45) is 10.7 Å². The maximum atomic E-state index is 6.05. The summed E-state index contributed by atoms with van der Waals surface area (Å²) in [4.78, 5) is 13.8. The number of aromatic nitrogens is 1. The summed E-state index contributed by atoms with van der Waals surface area (Å²) in [5.74, 6) is 2.69. The second kappa shape index (κ2) is 9.97. The minimum absolute atomic E-state index is 0.302. The number of nitrogens with zero attached hydrogens (tertiary/aromatic N) is 4. The maximum absolute atomic E-state index is 6.05. The number of pyridine rings is 1. The fourth-order valence-electron chi connectivity index (χ4n) is 3.26. The van der Waals surface area contributed by atoms with Crippen molar-refractivity contribution in [3.8, 4) is 11.5 Å². The molecule has 8 heteroatoms. The third kappa shape index (κ3) is 5.51. The molecule has 0 saturated carbocycles. The van der Waals surface area contributed by atoms with Crippen LogP contribution in [-0.2, 0) is 6.54 Å². The van der Waals surface area contributed by atoms with Crippen LogP contribution in [0.3, 0.4) is 0 Å². The van der Waals surface area contributed by atoms with Gasteiger partial charge in [-0.25, -0.2) is 9.98 Å². The molecule has 3 rings (SSSR count). The van der Waals surface area contributed by atoms with Gasteiger partial charge in [0.05, 0.1) is 26.5 Å². The van der Waals surface area contributed by atoms with Gasteiger partial charge in [0.2, 0.25) is 0 Å². The Morgan fingerprint density at radius 2 is 1.93 bits per heavy atom. The summed E-state index contributed by atoms with van der Waals surface area (Å²) in [7, 11) is 3.22.